The third-order valence-corrected chi connectivity index (χ3v) is 3.89. The highest BCUT2D eigenvalue weighted by molar-refractivity contribution is 5.74. The Labute approximate surface area is 150 Å². The molecule has 2 N–H and O–H groups in total. The Morgan fingerprint density at radius 2 is 1.76 bits per heavy atom. The van der Waals surface area contributed by atoms with Crippen molar-refractivity contribution in [1.82, 2.24) is 0 Å². The topological polar surface area (TPSA) is 61.5 Å². The summed E-state index contributed by atoms with van der Waals surface area (Å²) in [5.41, 5.74) is 9.84. The Morgan fingerprint density at radius 3 is 2.32 bits per heavy atom. The molecule has 1 atom stereocenters. The molecule has 0 bridgehead atoms. The highest BCUT2D eigenvalue weighted by atomic mass is 16.6. The molecule has 0 saturated heterocycles. The van der Waals surface area contributed by atoms with Crippen LogP contribution in [0.2, 0.25) is 0 Å². The molecule has 0 fully saturated rings. The minimum atomic E-state index is -0.498. The van der Waals surface area contributed by atoms with E-state index in [1.807, 2.05) is 57.2 Å². The van der Waals surface area contributed by atoms with Crippen LogP contribution in [0.1, 0.15) is 44.4 Å². The maximum Gasteiger partial charge on any atom is 0.308 e. The van der Waals surface area contributed by atoms with E-state index in [9.17, 15) is 4.79 Å². The van der Waals surface area contributed by atoms with E-state index in [0.29, 0.717) is 0 Å². The van der Waals surface area contributed by atoms with Gasteiger partial charge in [0.05, 0.1) is 13.5 Å². The number of hydrogen-bond donors (Lipinski definition) is 1. The first kappa shape index (κ1) is 19.0. The van der Waals surface area contributed by atoms with Gasteiger partial charge in [-0.2, -0.15) is 0 Å². The Morgan fingerprint density at radius 1 is 1.12 bits per heavy atom. The van der Waals surface area contributed by atoms with Crippen molar-refractivity contribution in [3.63, 3.8) is 0 Å². The number of carbonyl (C=O) groups is 1. The predicted molar refractivity (Wildman–Crippen MR) is 101 cm³/mol. The summed E-state index contributed by atoms with van der Waals surface area (Å²) in [5, 5.41) is 0. The molecule has 25 heavy (non-hydrogen) atoms. The molecule has 0 heterocycles. The molecular formula is C21H27NO3. The number of rotatable bonds is 5. The molecule has 0 amide bonds. The van der Waals surface area contributed by atoms with Crippen molar-refractivity contribution in [1.29, 1.82) is 0 Å². The maximum atomic E-state index is 11.9. The number of ether oxygens (including phenoxy) is 2. The summed E-state index contributed by atoms with van der Waals surface area (Å²) in [4.78, 5) is 11.9. The van der Waals surface area contributed by atoms with Gasteiger partial charge in [0.15, 0.2) is 0 Å². The van der Waals surface area contributed by atoms with E-state index in [1.165, 1.54) is 0 Å². The first-order valence-electron chi connectivity index (χ1n) is 8.42. The van der Waals surface area contributed by atoms with Crippen molar-refractivity contribution in [3.05, 3.63) is 53.6 Å². The molecule has 0 unspecified atom stereocenters. The number of benzene rings is 2. The second-order valence-electron chi connectivity index (χ2n) is 7.17. The number of nitrogens with two attached hydrogens (primary N) is 1. The van der Waals surface area contributed by atoms with Gasteiger partial charge in [-0.25, -0.2) is 0 Å². The lowest BCUT2D eigenvalue weighted by Crippen LogP contribution is -2.26. The summed E-state index contributed by atoms with van der Waals surface area (Å²) < 4.78 is 10.8. The Balaban J connectivity index is 2.16. The van der Waals surface area contributed by atoms with Gasteiger partial charge in [0.25, 0.3) is 0 Å². The second-order valence-corrected chi connectivity index (χ2v) is 7.17. The molecule has 0 aliphatic carbocycles. The molecule has 0 aliphatic heterocycles. The standard InChI is InChI=1S/C21H27NO3/c1-14-7-6-8-18(24-5)20(14)16-11-9-15(10-12-16)17(22)13-19(23)25-21(2,3)4/h6-12,17H,13,22H2,1-5H3/t17-/m0/s1. The van der Waals surface area contributed by atoms with Crippen LogP contribution in [0.15, 0.2) is 42.5 Å². The van der Waals surface area contributed by atoms with Crippen LogP contribution in [0.5, 0.6) is 5.75 Å². The molecule has 0 saturated carbocycles. The third kappa shape index (κ3) is 5.07. The van der Waals surface area contributed by atoms with Gasteiger partial charge in [-0.15, -0.1) is 0 Å². The SMILES string of the molecule is COc1cccc(C)c1-c1ccc([C@@H](N)CC(=O)OC(C)(C)C)cc1. The normalized spacial score (nSPS) is 12.6. The van der Waals surface area contributed by atoms with E-state index in [2.05, 4.69) is 13.0 Å². The molecule has 0 aromatic heterocycles. The Kier molecular flexibility index (Phi) is 5.85. The quantitative estimate of drug-likeness (QED) is 0.819. The summed E-state index contributed by atoms with van der Waals surface area (Å²) in [5.74, 6) is 0.551. The number of hydrogen-bond acceptors (Lipinski definition) is 4. The average molecular weight is 341 g/mol. The van der Waals surface area contributed by atoms with Crippen molar-refractivity contribution in [2.24, 2.45) is 5.73 Å². The fraction of sp³-hybridized carbons (Fsp3) is 0.381. The van der Waals surface area contributed by atoms with Crippen LogP contribution in [-0.2, 0) is 9.53 Å². The van der Waals surface area contributed by atoms with Crippen LogP contribution in [0.4, 0.5) is 0 Å². The van der Waals surface area contributed by atoms with Crippen molar-refractivity contribution in [2.75, 3.05) is 7.11 Å². The van der Waals surface area contributed by atoms with Crippen molar-refractivity contribution in [2.45, 2.75) is 45.8 Å². The molecule has 0 aliphatic rings. The summed E-state index contributed by atoms with van der Waals surface area (Å²) in [7, 11) is 1.67. The van der Waals surface area contributed by atoms with Crippen LogP contribution >= 0.6 is 0 Å². The minimum Gasteiger partial charge on any atom is -0.496 e. The molecular weight excluding hydrogens is 314 g/mol. The molecule has 4 heteroatoms. The third-order valence-electron chi connectivity index (χ3n) is 3.89. The van der Waals surface area contributed by atoms with Gasteiger partial charge in [-0.3, -0.25) is 4.79 Å². The lowest BCUT2D eigenvalue weighted by molar-refractivity contribution is -0.155. The van der Waals surface area contributed by atoms with E-state index >= 15 is 0 Å². The maximum absolute atomic E-state index is 11.9. The summed E-state index contributed by atoms with van der Waals surface area (Å²) in [6.45, 7) is 7.60. The zero-order valence-electron chi connectivity index (χ0n) is 15.6. The van der Waals surface area contributed by atoms with Crippen LogP contribution in [-0.4, -0.2) is 18.7 Å². The zero-order valence-corrected chi connectivity index (χ0v) is 15.6. The van der Waals surface area contributed by atoms with Crippen LogP contribution in [0.3, 0.4) is 0 Å². The van der Waals surface area contributed by atoms with Crippen molar-refractivity contribution in [3.8, 4) is 16.9 Å². The largest absolute Gasteiger partial charge is 0.496 e. The van der Waals surface area contributed by atoms with Gasteiger partial charge in [-0.1, -0.05) is 36.4 Å². The van der Waals surface area contributed by atoms with E-state index < -0.39 is 5.60 Å². The van der Waals surface area contributed by atoms with Crippen LogP contribution in [0, 0.1) is 6.92 Å². The lowest BCUT2D eigenvalue weighted by Gasteiger charge is -2.21. The first-order valence-corrected chi connectivity index (χ1v) is 8.42. The van der Waals surface area contributed by atoms with Gasteiger partial charge < -0.3 is 15.2 Å². The van der Waals surface area contributed by atoms with Crippen molar-refractivity contribution < 1.29 is 14.3 Å². The summed E-state index contributed by atoms with van der Waals surface area (Å²) >= 11 is 0. The van der Waals surface area contributed by atoms with Gasteiger partial charge in [0.2, 0.25) is 0 Å². The monoisotopic (exact) mass is 341 g/mol. The molecule has 0 spiro atoms. The second kappa shape index (κ2) is 7.70. The Bertz CT molecular complexity index is 730. The molecule has 4 nitrogen and oxygen atoms in total. The van der Waals surface area contributed by atoms with E-state index in [0.717, 1.165) is 28.0 Å². The molecule has 0 radical (unpaired) electrons. The van der Waals surface area contributed by atoms with Gasteiger partial charge in [0, 0.05) is 11.6 Å². The highest BCUT2D eigenvalue weighted by Gasteiger charge is 2.19. The highest BCUT2D eigenvalue weighted by Crippen LogP contribution is 2.33. The summed E-state index contributed by atoms with van der Waals surface area (Å²) in [6, 6.07) is 13.5. The average Bonchev–Trinajstić information content (AvgIpc) is 2.52. The summed E-state index contributed by atoms with van der Waals surface area (Å²) in [6.07, 6.45) is 0.157. The molecule has 2 aromatic rings. The zero-order chi connectivity index (χ0) is 18.6. The smallest absolute Gasteiger partial charge is 0.308 e. The van der Waals surface area contributed by atoms with Gasteiger partial charge in [0.1, 0.15) is 11.4 Å². The van der Waals surface area contributed by atoms with E-state index in [1.54, 1.807) is 7.11 Å². The number of esters is 1. The van der Waals surface area contributed by atoms with Crippen LogP contribution < -0.4 is 10.5 Å². The number of methoxy groups -OCH3 is 1. The van der Waals surface area contributed by atoms with Crippen molar-refractivity contribution >= 4 is 5.97 Å². The van der Waals surface area contributed by atoms with Gasteiger partial charge >= 0.3 is 5.97 Å². The van der Waals surface area contributed by atoms with E-state index in [-0.39, 0.29) is 18.4 Å². The molecule has 2 aromatic carbocycles. The first-order chi connectivity index (χ1) is 11.7. The fourth-order valence-corrected chi connectivity index (χ4v) is 2.76. The molecule has 134 valence electrons. The lowest BCUT2D eigenvalue weighted by atomic mass is 9.96. The Hall–Kier alpha value is -2.33. The predicted octanol–water partition coefficient (Wildman–Crippen LogP) is 4.40. The number of aryl methyl sites for hydroxylation is 1. The van der Waals surface area contributed by atoms with Crippen LogP contribution in [0.25, 0.3) is 11.1 Å². The molecule has 2 rings (SSSR count). The fourth-order valence-electron chi connectivity index (χ4n) is 2.76. The van der Waals surface area contributed by atoms with E-state index in [4.69, 9.17) is 15.2 Å². The van der Waals surface area contributed by atoms with Gasteiger partial charge in [-0.05, 0) is 50.5 Å². The minimum absolute atomic E-state index is 0.157. The number of carbonyl (C=O) groups excluding carboxylic acids is 1.